The van der Waals surface area contributed by atoms with Crippen molar-refractivity contribution in [3.05, 3.63) is 29.8 Å². The summed E-state index contributed by atoms with van der Waals surface area (Å²) in [5.74, 6) is 0.509. The van der Waals surface area contributed by atoms with Crippen molar-refractivity contribution in [2.45, 2.75) is 6.18 Å². The molecule has 8 heteroatoms. The van der Waals surface area contributed by atoms with Gasteiger partial charge in [-0.15, -0.1) is 5.10 Å². The summed E-state index contributed by atoms with van der Waals surface area (Å²) in [5, 5.41) is 6.59. The number of benzene rings is 1. The quantitative estimate of drug-likeness (QED) is 0.924. The van der Waals surface area contributed by atoms with Crippen molar-refractivity contribution < 1.29 is 17.9 Å². The second kappa shape index (κ2) is 5.36. The van der Waals surface area contributed by atoms with Gasteiger partial charge in [-0.05, 0) is 6.07 Å². The molecule has 112 valence electrons. The van der Waals surface area contributed by atoms with Gasteiger partial charge in [0.25, 0.3) is 0 Å². The lowest BCUT2D eigenvalue weighted by molar-refractivity contribution is -0.137. The van der Waals surface area contributed by atoms with Crippen molar-refractivity contribution >= 4 is 5.95 Å². The molecule has 0 bridgehead atoms. The molecular formula is C13H13F3N4O. The molecule has 3 rings (SSSR count). The van der Waals surface area contributed by atoms with Crippen molar-refractivity contribution in [2.24, 2.45) is 0 Å². The molecule has 1 N–H and O–H groups in total. The van der Waals surface area contributed by atoms with Crippen LogP contribution in [-0.4, -0.2) is 41.5 Å². The van der Waals surface area contributed by atoms with Gasteiger partial charge >= 0.3 is 6.18 Å². The van der Waals surface area contributed by atoms with Crippen LogP contribution in [0.4, 0.5) is 19.1 Å². The predicted octanol–water partition coefficient (Wildman–Crippen LogP) is 2.33. The van der Waals surface area contributed by atoms with Gasteiger partial charge < -0.3 is 9.64 Å². The molecule has 1 fully saturated rings. The topological polar surface area (TPSA) is 54.0 Å². The second-order valence-corrected chi connectivity index (χ2v) is 4.63. The molecule has 1 saturated heterocycles. The maximum Gasteiger partial charge on any atom is 0.417 e. The summed E-state index contributed by atoms with van der Waals surface area (Å²) in [4.78, 5) is 6.06. The molecule has 0 unspecified atom stereocenters. The highest BCUT2D eigenvalue weighted by molar-refractivity contribution is 5.62. The fraction of sp³-hybridized carbons (Fsp3) is 0.385. The number of nitrogens with zero attached hydrogens (tertiary/aromatic N) is 3. The lowest BCUT2D eigenvalue weighted by Crippen LogP contribution is -2.36. The van der Waals surface area contributed by atoms with Gasteiger partial charge in [-0.2, -0.15) is 18.2 Å². The third-order valence-electron chi connectivity index (χ3n) is 3.26. The Morgan fingerprint density at radius 1 is 1.14 bits per heavy atom. The lowest BCUT2D eigenvalue weighted by Gasteiger charge is -2.25. The van der Waals surface area contributed by atoms with E-state index in [0.717, 1.165) is 6.07 Å². The molecule has 5 nitrogen and oxygen atoms in total. The summed E-state index contributed by atoms with van der Waals surface area (Å²) < 4.78 is 44.2. The Morgan fingerprint density at radius 3 is 2.57 bits per heavy atom. The molecule has 1 aliphatic heterocycles. The van der Waals surface area contributed by atoms with Gasteiger partial charge in [-0.25, -0.2) is 0 Å². The van der Waals surface area contributed by atoms with Gasteiger partial charge in [-0.1, -0.05) is 18.2 Å². The molecule has 0 radical (unpaired) electrons. The zero-order valence-corrected chi connectivity index (χ0v) is 11.0. The first kappa shape index (κ1) is 13.9. The van der Waals surface area contributed by atoms with Gasteiger partial charge in [0.05, 0.1) is 18.8 Å². The Hall–Kier alpha value is -2.09. The van der Waals surface area contributed by atoms with Crippen molar-refractivity contribution in [1.82, 2.24) is 15.2 Å². The van der Waals surface area contributed by atoms with Crippen LogP contribution in [0.25, 0.3) is 11.4 Å². The van der Waals surface area contributed by atoms with Crippen molar-refractivity contribution in [3.63, 3.8) is 0 Å². The van der Waals surface area contributed by atoms with Gasteiger partial charge in [0.2, 0.25) is 5.95 Å². The van der Waals surface area contributed by atoms with Crippen LogP contribution in [0.3, 0.4) is 0 Å². The van der Waals surface area contributed by atoms with Gasteiger partial charge in [-0.3, -0.25) is 5.10 Å². The van der Waals surface area contributed by atoms with Gasteiger partial charge in [0.1, 0.15) is 0 Å². The number of anilines is 1. The molecule has 0 aliphatic carbocycles. The number of aromatic amines is 1. The van der Waals surface area contributed by atoms with Crippen LogP contribution in [0.2, 0.25) is 0 Å². The fourth-order valence-electron chi connectivity index (χ4n) is 2.21. The zero-order chi connectivity index (χ0) is 14.9. The number of halogens is 3. The molecule has 0 atom stereocenters. The highest BCUT2D eigenvalue weighted by Gasteiger charge is 2.34. The van der Waals surface area contributed by atoms with E-state index in [2.05, 4.69) is 15.2 Å². The number of aromatic nitrogens is 3. The summed E-state index contributed by atoms with van der Waals surface area (Å²) in [5.41, 5.74) is -0.730. The second-order valence-electron chi connectivity index (χ2n) is 4.63. The maximum absolute atomic E-state index is 13.0. The number of morpholine rings is 1. The summed E-state index contributed by atoms with van der Waals surface area (Å²) >= 11 is 0. The zero-order valence-electron chi connectivity index (χ0n) is 11.0. The highest BCUT2D eigenvalue weighted by atomic mass is 19.4. The minimum Gasteiger partial charge on any atom is -0.378 e. The number of hydrogen-bond donors (Lipinski definition) is 1. The summed E-state index contributed by atoms with van der Waals surface area (Å²) in [7, 11) is 0. The SMILES string of the molecule is FC(F)(F)c1ccccc1-c1nc(N2CCOCC2)n[nH]1. The Morgan fingerprint density at radius 2 is 1.86 bits per heavy atom. The third kappa shape index (κ3) is 2.85. The minimum absolute atomic E-state index is 0.00277. The number of H-pyrrole nitrogens is 1. The van der Waals surface area contributed by atoms with Crippen molar-refractivity contribution in [2.75, 3.05) is 31.2 Å². The molecule has 1 aromatic heterocycles. The van der Waals surface area contributed by atoms with Crippen LogP contribution in [-0.2, 0) is 10.9 Å². The van der Waals surface area contributed by atoms with Crippen LogP contribution < -0.4 is 4.90 Å². The van der Waals surface area contributed by atoms with E-state index >= 15 is 0 Å². The Balaban J connectivity index is 1.93. The van der Waals surface area contributed by atoms with E-state index in [9.17, 15) is 13.2 Å². The predicted molar refractivity (Wildman–Crippen MR) is 69.9 cm³/mol. The number of nitrogens with one attached hydrogen (secondary N) is 1. The highest BCUT2D eigenvalue weighted by Crippen LogP contribution is 2.35. The molecule has 0 amide bonds. The van der Waals surface area contributed by atoms with E-state index < -0.39 is 11.7 Å². The van der Waals surface area contributed by atoms with Crippen molar-refractivity contribution in [1.29, 1.82) is 0 Å². The van der Waals surface area contributed by atoms with Crippen molar-refractivity contribution in [3.8, 4) is 11.4 Å². The summed E-state index contributed by atoms with van der Waals surface area (Å²) in [6.45, 7) is 2.36. The standard InChI is InChI=1S/C13H13F3N4O/c14-13(15,16)10-4-2-1-3-9(10)11-17-12(19-18-11)20-5-7-21-8-6-20/h1-4H,5-8H2,(H,17,18,19). The first-order chi connectivity index (χ1) is 10.1. The molecule has 1 aromatic carbocycles. The van der Waals surface area contributed by atoms with E-state index in [-0.39, 0.29) is 11.4 Å². The molecule has 0 spiro atoms. The molecule has 1 aliphatic rings. The molecule has 2 heterocycles. The van der Waals surface area contributed by atoms with Gasteiger partial charge in [0, 0.05) is 18.7 Å². The van der Waals surface area contributed by atoms with E-state index in [0.29, 0.717) is 32.3 Å². The van der Waals surface area contributed by atoms with Gasteiger partial charge in [0.15, 0.2) is 5.82 Å². The molecular weight excluding hydrogens is 285 g/mol. The number of rotatable bonds is 2. The van der Waals surface area contributed by atoms with Crippen LogP contribution in [0, 0.1) is 0 Å². The maximum atomic E-state index is 13.0. The Bertz CT molecular complexity index is 620. The smallest absolute Gasteiger partial charge is 0.378 e. The van der Waals surface area contributed by atoms with E-state index in [1.807, 2.05) is 4.90 Å². The molecule has 2 aromatic rings. The van der Waals surface area contributed by atoms with Crippen LogP contribution in [0.1, 0.15) is 5.56 Å². The average molecular weight is 298 g/mol. The van der Waals surface area contributed by atoms with Crippen LogP contribution >= 0.6 is 0 Å². The number of ether oxygens (including phenoxy) is 1. The monoisotopic (exact) mass is 298 g/mol. The minimum atomic E-state index is -4.43. The number of hydrogen-bond acceptors (Lipinski definition) is 4. The third-order valence-corrected chi connectivity index (χ3v) is 3.26. The molecule has 0 saturated carbocycles. The Kier molecular flexibility index (Phi) is 3.54. The van der Waals surface area contributed by atoms with E-state index in [1.165, 1.54) is 12.1 Å². The fourth-order valence-corrected chi connectivity index (χ4v) is 2.21. The first-order valence-corrected chi connectivity index (χ1v) is 6.47. The van der Waals surface area contributed by atoms with Crippen LogP contribution in [0.15, 0.2) is 24.3 Å². The lowest BCUT2D eigenvalue weighted by atomic mass is 10.1. The van der Waals surface area contributed by atoms with Crippen LogP contribution in [0.5, 0.6) is 0 Å². The molecule has 21 heavy (non-hydrogen) atoms. The largest absolute Gasteiger partial charge is 0.417 e. The summed E-state index contributed by atoms with van der Waals surface area (Å²) in [6, 6.07) is 5.31. The average Bonchev–Trinajstić information content (AvgIpc) is 2.97. The first-order valence-electron chi connectivity index (χ1n) is 6.47. The van der Waals surface area contributed by atoms with E-state index in [1.54, 1.807) is 6.07 Å². The normalized spacial score (nSPS) is 16.2. The number of alkyl halides is 3. The summed E-state index contributed by atoms with van der Waals surface area (Å²) in [6.07, 6.45) is -4.43. The van der Waals surface area contributed by atoms with E-state index in [4.69, 9.17) is 4.74 Å². The Labute approximate surface area is 118 Å².